The second kappa shape index (κ2) is 4.96. The van der Waals surface area contributed by atoms with Gasteiger partial charge in [0.1, 0.15) is 5.82 Å². The predicted molar refractivity (Wildman–Crippen MR) is 59.7 cm³/mol. The molecule has 0 radical (unpaired) electrons. The molecule has 14 heavy (non-hydrogen) atoms. The molecule has 3 nitrogen and oxygen atoms in total. The second-order valence-electron chi connectivity index (χ2n) is 3.13. The van der Waals surface area contributed by atoms with Crippen LogP contribution in [0.3, 0.4) is 0 Å². The van der Waals surface area contributed by atoms with Crippen LogP contribution in [0.15, 0.2) is 18.3 Å². The van der Waals surface area contributed by atoms with Crippen LogP contribution in [-0.2, 0) is 0 Å². The van der Waals surface area contributed by atoms with Crippen molar-refractivity contribution in [3.8, 4) is 0 Å². The van der Waals surface area contributed by atoms with Crippen LogP contribution in [0.25, 0.3) is 0 Å². The lowest BCUT2D eigenvalue weighted by Gasteiger charge is -2.08. The quantitative estimate of drug-likeness (QED) is 0.615. The average Bonchev–Trinajstić information content (AvgIpc) is 2.19. The summed E-state index contributed by atoms with van der Waals surface area (Å²) in [7, 11) is 0. The summed E-state index contributed by atoms with van der Waals surface area (Å²) in [6.07, 6.45) is 2.66. The van der Waals surface area contributed by atoms with E-state index in [2.05, 4.69) is 28.8 Å². The topological polar surface area (TPSA) is 37.8 Å². The van der Waals surface area contributed by atoms with Crippen molar-refractivity contribution in [2.45, 2.75) is 20.3 Å². The molecule has 0 aromatic carbocycles. The first-order valence-corrected chi connectivity index (χ1v) is 4.91. The molecular weight excluding hydrogens is 198 g/mol. The SMILES string of the molecule is C=C(CC)CNc1nc(Cl)ncc1C. The molecule has 0 unspecified atom stereocenters. The van der Waals surface area contributed by atoms with Gasteiger partial charge in [-0.25, -0.2) is 9.97 Å². The first-order valence-electron chi connectivity index (χ1n) is 4.53. The Balaban J connectivity index is 2.66. The van der Waals surface area contributed by atoms with Gasteiger partial charge in [-0.2, -0.15) is 0 Å². The summed E-state index contributed by atoms with van der Waals surface area (Å²) in [4.78, 5) is 7.96. The van der Waals surface area contributed by atoms with Crippen molar-refractivity contribution < 1.29 is 0 Å². The van der Waals surface area contributed by atoms with Crippen LogP contribution in [0.5, 0.6) is 0 Å². The highest BCUT2D eigenvalue weighted by Gasteiger charge is 2.01. The van der Waals surface area contributed by atoms with Crippen LogP contribution < -0.4 is 5.32 Å². The van der Waals surface area contributed by atoms with Gasteiger partial charge in [0, 0.05) is 18.3 Å². The fourth-order valence-electron chi connectivity index (χ4n) is 0.933. The van der Waals surface area contributed by atoms with Gasteiger partial charge in [-0.05, 0) is 24.9 Å². The third-order valence-electron chi connectivity index (χ3n) is 1.95. The largest absolute Gasteiger partial charge is 0.366 e. The third-order valence-corrected chi connectivity index (χ3v) is 2.13. The zero-order valence-electron chi connectivity index (χ0n) is 8.47. The van der Waals surface area contributed by atoms with E-state index in [0.717, 1.165) is 29.9 Å². The number of nitrogens with zero attached hydrogens (tertiary/aromatic N) is 2. The summed E-state index contributed by atoms with van der Waals surface area (Å²) in [5, 5.41) is 3.43. The molecule has 0 fully saturated rings. The van der Waals surface area contributed by atoms with E-state index in [1.165, 1.54) is 0 Å². The van der Waals surface area contributed by atoms with Crippen molar-refractivity contribution in [2.24, 2.45) is 0 Å². The van der Waals surface area contributed by atoms with E-state index < -0.39 is 0 Å². The second-order valence-corrected chi connectivity index (χ2v) is 3.47. The van der Waals surface area contributed by atoms with Gasteiger partial charge in [-0.1, -0.05) is 19.1 Å². The fourth-order valence-corrected chi connectivity index (χ4v) is 1.07. The summed E-state index contributed by atoms with van der Waals surface area (Å²) in [5.74, 6) is 0.777. The van der Waals surface area contributed by atoms with Crippen LogP contribution in [0.1, 0.15) is 18.9 Å². The zero-order valence-corrected chi connectivity index (χ0v) is 9.23. The lowest BCUT2D eigenvalue weighted by molar-refractivity contribution is 1.02. The summed E-state index contributed by atoms with van der Waals surface area (Å²) in [5.41, 5.74) is 2.12. The van der Waals surface area contributed by atoms with Crippen LogP contribution in [-0.4, -0.2) is 16.5 Å². The van der Waals surface area contributed by atoms with Crippen molar-refractivity contribution in [3.05, 3.63) is 29.2 Å². The Labute approximate surface area is 89.2 Å². The standard InChI is InChI=1S/C10H14ClN3/c1-4-7(2)5-12-9-8(3)6-13-10(11)14-9/h6H,2,4-5H2,1,3H3,(H,12,13,14). The van der Waals surface area contributed by atoms with E-state index >= 15 is 0 Å². The molecule has 0 atom stereocenters. The molecule has 0 saturated heterocycles. The van der Waals surface area contributed by atoms with E-state index in [-0.39, 0.29) is 5.28 Å². The predicted octanol–water partition coefficient (Wildman–Crippen LogP) is 2.82. The van der Waals surface area contributed by atoms with E-state index in [9.17, 15) is 0 Å². The summed E-state index contributed by atoms with van der Waals surface area (Å²) in [6.45, 7) is 8.64. The molecule has 1 aromatic heterocycles. The Morgan fingerprint density at radius 2 is 2.36 bits per heavy atom. The van der Waals surface area contributed by atoms with Crippen LogP contribution >= 0.6 is 11.6 Å². The molecule has 1 rings (SSSR count). The number of aromatic nitrogens is 2. The molecule has 0 spiro atoms. The molecular formula is C10H14ClN3. The molecule has 0 saturated carbocycles. The Morgan fingerprint density at radius 3 is 3.00 bits per heavy atom. The minimum atomic E-state index is 0.264. The molecule has 0 amide bonds. The lowest BCUT2D eigenvalue weighted by Crippen LogP contribution is -2.07. The zero-order chi connectivity index (χ0) is 10.6. The van der Waals surface area contributed by atoms with Crippen LogP contribution in [0.2, 0.25) is 5.28 Å². The van der Waals surface area contributed by atoms with Crippen LogP contribution in [0, 0.1) is 6.92 Å². The van der Waals surface area contributed by atoms with Gasteiger partial charge >= 0.3 is 0 Å². The number of hydrogen-bond acceptors (Lipinski definition) is 3. The van der Waals surface area contributed by atoms with Gasteiger partial charge in [0.05, 0.1) is 0 Å². The normalized spacial score (nSPS) is 9.93. The van der Waals surface area contributed by atoms with Crippen molar-refractivity contribution in [3.63, 3.8) is 0 Å². The Hall–Kier alpha value is -1.09. The number of hydrogen-bond donors (Lipinski definition) is 1. The number of anilines is 1. The fraction of sp³-hybridized carbons (Fsp3) is 0.400. The third kappa shape index (κ3) is 3.00. The molecule has 0 aliphatic rings. The highest BCUT2D eigenvalue weighted by Crippen LogP contribution is 2.13. The highest BCUT2D eigenvalue weighted by molar-refractivity contribution is 6.28. The maximum atomic E-state index is 5.68. The van der Waals surface area contributed by atoms with Gasteiger partial charge in [0.25, 0.3) is 0 Å². The molecule has 4 heteroatoms. The van der Waals surface area contributed by atoms with Gasteiger partial charge in [0.2, 0.25) is 5.28 Å². The number of aryl methyl sites for hydroxylation is 1. The molecule has 1 N–H and O–H groups in total. The van der Waals surface area contributed by atoms with E-state index in [1.807, 2.05) is 6.92 Å². The van der Waals surface area contributed by atoms with Crippen molar-refractivity contribution in [1.29, 1.82) is 0 Å². The Morgan fingerprint density at radius 1 is 1.64 bits per heavy atom. The molecule has 1 heterocycles. The van der Waals surface area contributed by atoms with E-state index in [0.29, 0.717) is 0 Å². The number of rotatable bonds is 4. The van der Waals surface area contributed by atoms with Gasteiger partial charge in [-0.3, -0.25) is 0 Å². The molecule has 0 aliphatic carbocycles. The Bertz CT molecular complexity index is 336. The maximum absolute atomic E-state index is 5.68. The monoisotopic (exact) mass is 211 g/mol. The summed E-state index contributed by atoms with van der Waals surface area (Å²) in [6, 6.07) is 0. The van der Waals surface area contributed by atoms with Gasteiger partial charge in [0.15, 0.2) is 0 Å². The minimum Gasteiger partial charge on any atom is -0.366 e. The minimum absolute atomic E-state index is 0.264. The first-order chi connectivity index (χ1) is 6.63. The molecule has 1 aromatic rings. The highest BCUT2D eigenvalue weighted by atomic mass is 35.5. The van der Waals surface area contributed by atoms with Gasteiger partial charge in [-0.15, -0.1) is 0 Å². The smallest absolute Gasteiger partial charge is 0.224 e. The van der Waals surface area contributed by atoms with Crippen molar-refractivity contribution in [1.82, 2.24) is 9.97 Å². The first kappa shape index (κ1) is 11.0. The summed E-state index contributed by atoms with van der Waals surface area (Å²) < 4.78 is 0. The van der Waals surface area contributed by atoms with E-state index in [4.69, 9.17) is 11.6 Å². The lowest BCUT2D eigenvalue weighted by atomic mass is 10.2. The van der Waals surface area contributed by atoms with Crippen molar-refractivity contribution >= 4 is 17.4 Å². The van der Waals surface area contributed by atoms with Gasteiger partial charge < -0.3 is 5.32 Å². The summed E-state index contributed by atoms with van der Waals surface area (Å²) >= 11 is 5.68. The van der Waals surface area contributed by atoms with Crippen molar-refractivity contribution in [2.75, 3.05) is 11.9 Å². The average molecular weight is 212 g/mol. The molecule has 0 aliphatic heterocycles. The Kier molecular flexibility index (Phi) is 3.89. The number of halogens is 1. The van der Waals surface area contributed by atoms with E-state index in [1.54, 1.807) is 6.20 Å². The maximum Gasteiger partial charge on any atom is 0.224 e. The number of nitrogens with one attached hydrogen (secondary N) is 1. The molecule has 76 valence electrons. The van der Waals surface area contributed by atoms with Crippen LogP contribution in [0.4, 0.5) is 5.82 Å². The molecule has 0 bridgehead atoms.